The Kier molecular flexibility index (Phi) is 8.71. The first-order valence-electron chi connectivity index (χ1n) is 6.53. The summed E-state index contributed by atoms with van der Waals surface area (Å²) in [5.74, 6) is 0. The number of aliphatic hydroxyl groups is 1. The zero-order valence-electron chi connectivity index (χ0n) is 13.1. The van der Waals surface area contributed by atoms with Crippen molar-refractivity contribution in [3.63, 3.8) is 0 Å². The molecule has 0 radical (unpaired) electrons. The average molecular weight is 500 g/mol. The lowest BCUT2D eigenvalue weighted by Crippen LogP contribution is -2.60. The molecule has 0 saturated carbocycles. The Morgan fingerprint density at radius 1 is 0.607 bits per heavy atom. The van der Waals surface area contributed by atoms with Crippen LogP contribution in [0.2, 0.25) is 0 Å². The van der Waals surface area contributed by atoms with Crippen molar-refractivity contribution < 1.29 is 85.3 Å². The second-order valence-electron chi connectivity index (χ2n) is 5.00. The Labute approximate surface area is 154 Å². The highest BCUT2D eigenvalue weighted by Gasteiger charge is 2.55. The molecule has 18 nitrogen and oxygen atoms in total. The number of hydrogen-bond acceptors (Lipinski definition) is 10. The fourth-order valence-electron chi connectivity index (χ4n) is 2.08. The lowest BCUT2D eigenvalue weighted by molar-refractivity contribution is -0.271. The molecule has 0 aromatic heterocycles. The van der Waals surface area contributed by atoms with Crippen molar-refractivity contribution >= 4 is 31.3 Å². The molecule has 0 unspecified atom stereocenters. The summed E-state index contributed by atoms with van der Waals surface area (Å²) in [6.07, 6.45) is -12.1. The lowest BCUT2D eigenvalue weighted by Gasteiger charge is -2.44. The molecule has 0 aromatic rings. The molecule has 0 aliphatic carbocycles. The number of phosphoric ester groups is 4. The van der Waals surface area contributed by atoms with Gasteiger partial charge in [-0.15, -0.1) is 0 Å². The van der Waals surface area contributed by atoms with Gasteiger partial charge < -0.3 is 49.0 Å². The van der Waals surface area contributed by atoms with E-state index in [0.29, 0.717) is 0 Å². The van der Waals surface area contributed by atoms with Crippen LogP contribution in [0, 0.1) is 0 Å². The summed E-state index contributed by atoms with van der Waals surface area (Å²) in [6.45, 7) is -1.24. The first-order chi connectivity index (χ1) is 12.3. The Hall–Kier alpha value is 0.360. The highest BCUT2D eigenvalue weighted by Crippen LogP contribution is 2.52. The summed E-state index contributed by atoms with van der Waals surface area (Å²) in [4.78, 5) is 71.4. The smallest absolute Gasteiger partial charge is 0.394 e. The third kappa shape index (κ3) is 9.45. The maximum Gasteiger partial charge on any atom is 0.472 e. The molecule has 1 aliphatic heterocycles. The van der Waals surface area contributed by atoms with Crippen LogP contribution in [0.5, 0.6) is 0 Å². The number of hydrogen-bond donors (Lipinski definition) is 9. The molecule has 9 N–H and O–H groups in total. The third-order valence-electron chi connectivity index (χ3n) is 2.79. The largest absolute Gasteiger partial charge is 0.472 e. The minimum Gasteiger partial charge on any atom is -0.394 e. The van der Waals surface area contributed by atoms with E-state index < -0.39 is 68.6 Å². The lowest BCUT2D eigenvalue weighted by atomic mass is 9.99. The van der Waals surface area contributed by atoms with Gasteiger partial charge in [0.1, 0.15) is 18.3 Å². The van der Waals surface area contributed by atoms with Gasteiger partial charge in [-0.25, -0.2) is 18.3 Å². The topological polar surface area (TPSA) is 296 Å². The molecule has 1 aliphatic rings. The van der Waals surface area contributed by atoms with Gasteiger partial charge in [-0.05, 0) is 0 Å². The summed E-state index contributed by atoms with van der Waals surface area (Å²) >= 11 is 0. The van der Waals surface area contributed by atoms with E-state index in [1.165, 1.54) is 0 Å². The predicted molar refractivity (Wildman–Crippen MR) is 79.6 cm³/mol. The van der Waals surface area contributed by atoms with Crippen LogP contribution in [-0.2, 0) is 41.1 Å². The van der Waals surface area contributed by atoms with Crippen molar-refractivity contribution in [2.45, 2.75) is 30.7 Å². The van der Waals surface area contributed by atoms with Gasteiger partial charge in [-0.1, -0.05) is 0 Å². The molecule has 5 atom stereocenters. The van der Waals surface area contributed by atoms with Crippen LogP contribution < -0.4 is 0 Å². The summed E-state index contributed by atoms with van der Waals surface area (Å²) in [5.41, 5.74) is 0. The van der Waals surface area contributed by atoms with Crippen LogP contribution >= 0.6 is 31.3 Å². The van der Waals surface area contributed by atoms with Gasteiger partial charge >= 0.3 is 31.3 Å². The number of ether oxygens (including phenoxy) is 1. The van der Waals surface area contributed by atoms with E-state index in [-0.39, 0.29) is 0 Å². The van der Waals surface area contributed by atoms with Crippen molar-refractivity contribution in [2.24, 2.45) is 0 Å². The Balaban J connectivity index is 3.48. The molecular formula is C6H16O18P4. The van der Waals surface area contributed by atoms with Crippen molar-refractivity contribution in [1.29, 1.82) is 0 Å². The summed E-state index contributed by atoms with van der Waals surface area (Å²) in [6, 6.07) is 0. The summed E-state index contributed by atoms with van der Waals surface area (Å²) in [7, 11) is -22.2. The monoisotopic (exact) mass is 500 g/mol. The van der Waals surface area contributed by atoms with Crippen molar-refractivity contribution in [2.75, 3.05) is 6.61 Å². The quantitative estimate of drug-likeness (QED) is 0.145. The molecule has 1 saturated heterocycles. The van der Waals surface area contributed by atoms with E-state index in [1.807, 2.05) is 0 Å². The number of aliphatic hydroxyl groups excluding tert-OH is 1. The zero-order valence-corrected chi connectivity index (χ0v) is 16.7. The molecule has 0 amide bonds. The van der Waals surface area contributed by atoms with Crippen LogP contribution in [0.15, 0.2) is 0 Å². The van der Waals surface area contributed by atoms with Gasteiger partial charge in [0.25, 0.3) is 0 Å². The third-order valence-corrected chi connectivity index (χ3v) is 4.83. The highest BCUT2D eigenvalue weighted by atomic mass is 31.2. The van der Waals surface area contributed by atoms with Crippen LogP contribution in [0.1, 0.15) is 0 Å². The fourth-order valence-corrected chi connectivity index (χ4v) is 4.19. The second kappa shape index (κ2) is 9.24. The first kappa shape index (κ1) is 26.4. The Morgan fingerprint density at radius 3 is 1.32 bits per heavy atom. The van der Waals surface area contributed by atoms with Crippen LogP contribution in [0.25, 0.3) is 0 Å². The maximum atomic E-state index is 11.2. The van der Waals surface area contributed by atoms with Gasteiger partial charge in [0.15, 0.2) is 12.4 Å². The molecule has 0 bridgehead atoms. The Bertz CT molecular complexity index is 712. The number of phosphoric acid groups is 4. The zero-order chi connectivity index (χ0) is 22.1. The molecule has 1 heterocycles. The maximum absolute atomic E-state index is 11.2. The highest BCUT2D eigenvalue weighted by molar-refractivity contribution is 7.47. The van der Waals surface area contributed by atoms with E-state index in [2.05, 4.69) is 18.1 Å². The van der Waals surface area contributed by atoms with Crippen molar-refractivity contribution in [3.8, 4) is 0 Å². The minimum atomic E-state index is -5.61. The SMILES string of the molecule is O=P(O)(O)O[C@H]1O[C@H](CO)[C@@H](OP(=O)(O)O)[C@H](OP(=O)(O)O)[C@H]1OP(=O)(O)O. The molecule has 0 spiro atoms. The van der Waals surface area contributed by atoms with Gasteiger partial charge in [0.05, 0.1) is 6.61 Å². The molecule has 1 rings (SSSR count). The van der Waals surface area contributed by atoms with Gasteiger partial charge in [-0.2, -0.15) is 0 Å². The van der Waals surface area contributed by atoms with Crippen LogP contribution in [0.3, 0.4) is 0 Å². The second-order valence-corrected chi connectivity index (χ2v) is 9.77. The normalized spacial score (nSPS) is 30.4. The molecule has 0 aromatic carbocycles. The van der Waals surface area contributed by atoms with E-state index >= 15 is 0 Å². The summed E-state index contributed by atoms with van der Waals surface area (Å²) < 4.78 is 65.8. The molecular weight excluding hydrogens is 484 g/mol. The fraction of sp³-hybridized carbons (Fsp3) is 1.00. The van der Waals surface area contributed by atoms with Crippen molar-refractivity contribution in [3.05, 3.63) is 0 Å². The Morgan fingerprint density at radius 2 is 0.964 bits per heavy atom. The molecule has 168 valence electrons. The number of rotatable bonds is 9. The predicted octanol–water partition coefficient (Wildman–Crippen LogP) is -2.75. The standard InChI is InChI=1S/C6H16O18P4/c7-1-2-3(21-25(8,9)10)4(22-26(11,12)13)5(23-27(14,15)16)6(20-2)24-28(17,18)19/h2-7H,1H2,(H2,8,9,10)(H2,11,12,13)(H2,14,15,16)(H2,17,18,19)/t2-,3-,4+,5-,6-/m1/s1. The van der Waals surface area contributed by atoms with E-state index in [0.717, 1.165) is 0 Å². The molecule has 28 heavy (non-hydrogen) atoms. The van der Waals surface area contributed by atoms with E-state index in [4.69, 9.17) is 43.9 Å². The van der Waals surface area contributed by atoms with Crippen LogP contribution in [-0.4, -0.2) is 81.6 Å². The summed E-state index contributed by atoms with van der Waals surface area (Å²) in [5, 5.41) is 9.26. The molecule has 1 fully saturated rings. The van der Waals surface area contributed by atoms with E-state index in [9.17, 15) is 23.4 Å². The molecule has 22 heteroatoms. The first-order valence-corrected chi connectivity index (χ1v) is 12.7. The van der Waals surface area contributed by atoms with Crippen molar-refractivity contribution in [1.82, 2.24) is 0 Å². The average Bonchev–Trinajstić information content (AvgIpc) is 2.39. The van der Waals surface area contributed by atoms with E-state index in [1.54, 1.807) is 0 Å². The van der Waals surface area contributed by atoms with Gasteiger partial charge in [-0.3, -0.25) is 18.1 Å². The minimum absolute atomic E-state index is 1.24. The van der Waals surface area contributed by atoms with Gasteiger partial charge in [0, 0.05) is 0 Å². The van der Waals surface area contributed by atoms with Gasteiger partial charge in [0.2, 0.25) is 0 Å². The van der Waals surface area contributed by atoms with Crippen LogP contribution in [0.4, 0.5) is 0 Å².